The second-order valence-electron chi connectivity index (χ2n) is 4.14. The topological polar surface area (TPSA) is 48.7 Å². The molecule has 20 heavy (non-hydrogen) atoms. The Morgan fingerprint density at radius 2 is 1.95 bits per heavy atom. The molecule has 2 aromatic rings. The maximum absolute atomic E-state index is 12.4. The second kappa shape index (κ2) is 5.51. The Morgan fingerprint density at radius 3 is 2.45 bits per heavy atom. The summed E-state index contributed by atoms with van der Waals surface area (Å²) < 4.78 is 37.3. The average molecular weight is 297 g/mol. The highest BCUT2D eigenvalue weighted by atomic mass is 32.1. The molecule has 0 fully saturated rings. The van der Waals surface area contributed by atoms with Gasteiger partial charge in [0.25, 0.3) is 0 Å². The highest BCUT2D eigenvalue weighted by molar-refractivity contribution is 7.13. The van der Waals surface area contributed by atoms with Crippen LogP contribution in [0.4, 0.5) is 18.3 Å². The van der Waals surface area contributed by atoms with Crippen LogP contribution in [0, 0.1) is 11.3 Å². The lowest BCUT2D eigenvalue weighted by molar-refractivity contribution is -0.140. The summed E-state index contributed by atoms with van der Waals surface area (Å²) in [6.45, 7) is 1.82. The third kappa shape index (κ3) is 3.27. The summed E-state index contributed by atoms with van der Waals surface area (Å²) in [5.74, 6) is 0. The molecule has 1 N–H and O–H groups in total. The molecule has 1 unspecified atom stereocenters. The fourth-order valence-electron chi connectivity index (χ4n) is 1.59. The van der Waals surface area contributed by atoms with E-state index in [2.05, 4.69) is 10.3 Å². The predicted molar refractivity (Wildman–Crippen MR) is 70.3 cm³/mol. The van der Waals surface area contributed by atoms with Crippen molar-refractivity contribution in [3.63, 3.8) is 0 Å². The molecule has 2 rings (SSSR count). The van der Waals surface area contributed by atoms with Gasteiger partial charge in [-0.3, -0.25) is 0 Å². The van der Waals surface area contributed by atoms with Gasteiger partial charge in [-0.2, -0.15) is 18.4 Å². The molecule has 1 aromatic carbocycles. The van der Waals surface area contributed by atoms with Crippen LogP contribution in [0.15, 0.2) is 29.6 Å². The minimum absolute atomic E-state index is 0.199. The fraction of sp³-hybridized carbons (Fsp3) is 0.231. The number of thiazole rings is 1. The number of aromatic nitrogens is 1. The highest BCUT2D eigenvalue weighted by Gasteiger charge is 2.33. The molecule has 0 amide bonds. The van der Waals surface area contributed by atoms with Crippen molar-refractivity contribution in [1.29, 1.82) is 5.26 Å². The Morgan fingerprint density at radius 1 is 1.30 bits per heavy atom. The molecule has 0 bridgehead atoms. The normalized spacial score (nSPS) is 12.8. The van der Waals surface area contributed by atoms with Crippen LogP contribution in [0.25, 0.3) is 0 Å². The van der Waals surface area contributed by atoms with Crippen LogP contribution in [-0.2, 0) is 6.18 Å². The number of rotatable bonds is 3. The number of nitrogens with one attached hydrogen (secondary N) is 1. The van der Waals surface area contributed by atoms with Gasteiger partial charge in [-0.05, 0) is 24.6 Å². The predicted octanol–water partition coefficient (Wildman–Crippen LogP) is 4.21. The lowest BCUT2D eigenvalue weighted by Gasteiger charge is -2.13. The van der Waals surface area contributed by atoms with Gasteiger partial charge in [0.2, 0.25) is 0 Å². The molecule has 1 heterocycles. The van der Waals surface area contributed by atoms with E-state index in [1.165, 1.54) is 0 Å². The summed E-state index contributed by atoms with van der Waals surface area (Å²) in [6, 6.07) is 8.65. The van der Waals surface area contributed by atoms with E-state index < -0.39 is 11.9 Å². The summed E-state index contributed by atoms with van der Waals surface area (Å²) in [7, 11) is 0. The van der Waals surface area contributed by atoms with E-state index in [0.29, 0.717) is 5.56 Å². The third-order valence-corrected chi connectivity index (χ3v) is 3.45. The SMILES string of the molecule is CC(Nc1nc(C(F)(F)F)cs1)c1ccc(C#N)cc1. The van der Waals surface area contributed by atoms with Gasteiger partial charge in [0, 0.05) is 5.38 Å². The maximum atomic E-state index is 12.4. The Kier molecular flexibility index (Phi) is 3.95. The van der Waals surface area contributed by atoms with Gasteiger partial charge in [0.15, 0.2) is 10.8 Å². The van der Waals surface area contributed by atoms with Crippen molar-refractivity contribution >= 4 is 16.5 Å². The standard InChI is InChI=1S/C13H10F3N3S/c1-8(10-4-2-9(6-17)3-5-10)18-12-19-11(7-20-12)13(14,15)16/h2-5,7-8H,1H3,(H,18,19). The van der Waals surface area contributed by atoms with Gasteiger partial charge in [0.05, 0.1) is 17.7 Å². The zero-order valence-corrected chi connectivity index (χ0v) is 11.2. The zero-order valence-electron chi connectivity index (χ0n) is 10.4. The molecule has 7 heteroatoms. The van der Waals surface area contributed by atoms with E-state index in [1.807, 2.05) is 13.0 Å². The molecule has 0 aliphatic rings. The van der Waals surface area contributed by atoms with Crippen molar-refractivity contribution in [2.75, 3.05) is 5.32 Å². The van der Waals surface area contributed by atoms with Crippen molar-refractivity contribution in [1.82, 2.24) is 4.98 Å². The number of halogens is 3. The molecule has 0 saturated heterocycles. The average Bonchev–Trinajstić information content (AvgIpc) is 2.87. The maximum Gasteiger partial charge on any atom is 0.434 e. The third-order valence-electron chi connectivity index (χ3n) is 2.67. The van der Waals surface area contributed by atoms with Crippen LogP contribution >= 0.6 is 11.3 Å². The van der Waals surface area contributed by atoms with Crippen LogP contribution in [-0.4, -0.2) is 4.98 Å². The van der Waals surface area contributed by atoms with Crippen LogP contribution in [0.5, 0.6) is 0 Å². The molecule has 3 nitrogen and oxygen atoms in total. The highest BCUT2D eigenvalue weighted by Crippen LogP contribution is 2.32. The van der Waals surface area contributed by atoms with Crippen LogP contribution in [0.1, 0.15) is 29.8 Å². The van der Waals surface area contributed by atoms with Gasteiger partial charge >= 0.3 is 6.18 Å². The minimum atomic E-state index is -4.42. The molecule has 0 aliphatic heterocycles. The van der Waals surface area contributed by atoms with Crippen molar-refractivity contribution in [3.8, 4) is 6.07 Å². The van der Waals surface area contributed by atoms with Crippen molar-refractivity contribution in [2.45, 2.75) is 19.1 Å². The first kappa shape index (κ1) is 14.3. The van der Waals surface area contributed by atoms with Gasteiger partial charge in [0.1, 0.15) is 0 Å². The molecular formula is C13H10F3N3S. The van der Waals surface area contributed by atoms with Gasteiger partial charge in [-0.1, -0.05) is 12.1 Å². The van der Waals surface area contributed by atoms with Crippen LogP contribution < -0.4 is 5.32 Å². The number of anilines is 1. The van der Waals surface area contributed by atoms with E-state index in [1.54, 1.807) is 24.3 Å². The van der Waals surface area contributed by atoms with Gasteiger partial charge < -0.3 is 5.32 Å². The van der Waals surface area contributed by atoms with E-state index >= 15 is 0 Å². The first-order valence-corrected chi connectivity index (χ1v) is 6.57. The Bertz CT molecular complexity index is 626. The first-order chi connectivity index (χ1) is 9.40. The lowest BCUT2D eigenvalue weighted by Crippen LogP contribution is -2.08. The molecule has 0 aliphatic carbocycles. The number of nitriles is 1. The number of alkyl halides is 3. The van der Waals surface area contributed by atoms with E-state index in [-0.39, 0.29) is 11.2 Å². The van der Waals surface area contributed by atoms with Crippen LogP contribution in [0.2, 0.25) is 0 Å². The van der Waals surface area contributed by atoms with Gasteiger partial charge in [-0.25, -0.2) is 4.98 Å². The Balaban J connectivity index is 2.09. The number of hydrogen-bond acceptors (Lipinski definition) is 4. The van der Waals surface area contributed by atoms with E-state index in [4.69, 9.17) is 5.26 Å². The number of hydrogen-bond donors (Lipinski definition) is 1. The fourth-order valence-corrected chi connectivity index (χ4v) is 2.39. The first-order valence-electron chi connectivity index (χ1n) is 5.69. The Labute approximate surface area is 117 Å². The summed E-state index contributed by atoms with van der Waals surface area (Å²) >= 11 is 0.913. The Hall–Kier alpha value is -2.07. The monoisotopic (exact) mass is 297 g/mol. The molecular weight excluding hydrogens is 287 g/mol. The van der Waals surface area contributed by atoms with Crippen molar-refractivity contribution < 1.29 is 13.2 Å². The zero-order chi connectivity index (χ0) is 14.8. The molecule has 0 radical (unpaired) electrons. The van der Waals surface area contributed by atoms with E-state index in [9.17, 15) is 13.2 Å². The largest absolute Gasteiger partial charge is 0.434 e. The van der Waals surface area contributed by atoms with Crippen molar-refractivity contribution in [2.24, 2.45) is 0 Å². The lowest BCUT2D eigenvalue weighted by atomic mass is 10.1. The number of nitrogens with zero attached hydrogens (tertiary/aromatic N) is 2. The second-order valence-corrected chi connectivity index (χ2v) is 4.99. The minimum Gasteiger partial charge on any atom is -0.355 e. The van der Waals surface area contributed by atoms with Crippen molar-refractivity contribution in [3.05, 3.63) is 46.5 Å². The molecule has 0 saturated carbocycles. The number of benzene rings is 1. The molecule has 1 atom stereocenters. The van der Waals surface area contributed by atoms with E-state index in [0.717, 1.165) is 22.3 Å². The quantitative estimate of drug-likeness (QED) is 0.923. The smallest absolute Gasteiger partial charge is 0.355 e. The molecule has 0 spiro atoms. The summed E-state index contributed by atoms with van der Waals surface area (Å²) in [5, 5.41) is 12.8. The molecule has 104 valence electrons. The summed E-state index contributed by atoms with van der Waals surface area (Å²) in [5.41, 5.74) is 0.513. The van der Waals surface area contributed by atoms with Gasteiger partial charge in [-0.15, -0.1) is 11.3 Å². The van der Waals surface area contributed by atoms with Crippen LogP contribution in [0.3, 0.4) is 0 Å². The summed E-state index contributed by atoms with van der Waals surface area (Å²) in [4.78, 5) is 3.51. The summed E-state index contributed by atoms with van der Waals surface area (Å²) in [6.07, 6.45) is -4.42. The molecule has 1 aromatic heterocycles.